The Kier molecular flexibility index (Phi) is 8.31. The summed E-state index contributed by atoms with van der Waals surface area (Å²) >= 11 is 6.40. The minimum Gasteiger partial charge on any atom is -0.491 e. The van der Waals surface area contributed by atoms with Gasteiger partial charge in [-0.2, -0.15) is 0 Å². The van der Waals surface area contributed by atoms with E-state index in [0.717, 1.165) is 10.5 Å². The first-order chi connectivity index (χ1) is 25.2. The summed E-state index contributed by atoms with van der Waals surface area (Å²) in [4.78, 5) is 73.0. The average Bonchev–Trinajstić information content (AvgIpc) is 3.55. The molecule has 0 aromatic heterocycles. The molecule has 0 spiro atoms. The monoisotopic (exact) mass is 716 g/mol. The number of carboxylic acid groups (broad SMARTS) is 1. The van der Waals surface area contributed by atoms with Crippen LogP contribution in [0.4, 0.5) is 11.4 Å². The summed E-state index contributed by atoms with van der Waals surface area (Å²) in [6.45, 7) is -0.270. The molecule has 2 heterocycles. The first-order valence-corrected chi connectivity index (χ1v) is 17.5. The molecular formula is C41H33ClN2O8. The van der Waals surface area contributed by atoms with Crippen molar-refractivity contribution < 1.29 is 38.9 Å². The number of rotatable bonds is 8. The number of carbonyl (C=O) groups excluding carboxylic acids is 4. The molecule has 0 radical (unpaired) electrons. The van der Waals surface area contributed by atoms with Crippen LogP contribution in [0.15, 0.2) is 115 Å². The normalized spacial score (nSPS) is 26.5. The van der Waals surface area contributed by atoms with Crippen molar-refractivity contribution in [1.29, 1.82) is 0 Å². The lowest BCUT2D eigenvalue weighted by molar-refractivity contribution is -0.127. The number of fused-ring (bicyclic) bond motifs is 4. The molecule has 52 heavy (non-hydrogen) atoms. The Labute approximate surface area is 303 Å². The van der Waals surface area contributed by atoms with E-state index < -0.39 is 64.6 Å². The predicted octanol–water partition coefficient (Wildman–Crippen LogP) is 5.78. The first kappa shape index (κ1) is 33.6. The number of nitrogens with zero attached hydrogens (tertiary/aromatic N) is 2. The zero-order valence-electron chi connectivity index (χ0n) is 27.7. The largest absolute Gasteiger partial charge is 0.491 e. The van der Waals surface area contributed by atoms with Gasteiger partial charge in [-0.15, -0.1) is 0 Å². The van der Waals surface area contributed by atoms with Crippen molar-refractivity contribution in [2.75, 3.05) is 23.0 Å². The van der Waals surface area contributed by atoms with Gasteiger partial charge in [0.2, 0.25) is 23.6 Å². The van der Waals surface area contributed by atoms with E-state index >= 15 is 4.79 Å². The molecule has 4 aromatic carbocycles. The van der Waals surface area contributed by atoms with Crippen LogP contribution in [-0.2, 0) is 24.6 Å². The molecule has 4 amide bonds. The van der Waals surface area contributed by atoms with Gasteiger partial charge in [-0.1, -0.05) is 83.9 Å². The van der Waals surface area contributed by atoms with E-state index in [-0.39, 0.29) is 37.3 Å². The fraction of sp³-hybridized carbons (Fsp3) is 0.244. The number of aliphatic hydroxyl groups excluding tert-OH is 1. The highest BCUT2D eigenvalue weighted by molar-refractivity contribution is 6.32. The third-order valence-electron chi connectivity index (χ3n) is 11.1. The van der Waals surface area contributed by atoms with Crippen molar-refractivity contribution in [2.45, 2.75) is 24.2 Å². The van der Waals surface area contributed by atoms with E-state index in [2.05, 4.69) is 0 Å². The van der Waals surface area contributed by atoms with Gasteiger partial charge in [0.25, 0.3) is 0 Å². The molecule has 0 bridgehead atoms. The lowest BCUT2D eigenvalue weighted by Crippen LogP contribution is -2.53. The number of aromatic carboxylic acids is 1. The van der Waals surface area contributed by atoms with Crippen LogP contribution in [0.5, 0.6) is 5.75 Å². The van der Waals surface area contributed by atoms with Crippen molar-refractivity contribution in [3.05, 3.63) is 136 Å². The van der Waals surface area contributed by atoms with E-state index in [4.69, 9.17) is 16.3 Å². The molecule has 2 aliphatic carbocycles. The standard InChI is InChI=1S/C41H33ClN2O8/c42-25-11-7-13-27(21-25)44-37(47)32-22-31-28(16-17-30-34(31)38(48)43(36(30)46)26-12-6-8-23(20-26)39(49)50)35(29-14-4-5-15-33(29)52-19-18-45)41(32,40(44)51)24-9-2-1-3-10-24/h1-16,20-21,30-32,34-35,45H,17-19,22H2,(H,49,50)/t30-,31+,32-,34-,35+,41+/m0/s1. The summed E-state index contributed by atoms with van der Waals surface area (Å²) in [6.07, 6.45) is 2.24. The lowest BCUT2D eigenvalue weighted by atomic mass is 9.49. The number of aliphatic hydroxyl groups is 1. The molecule has 8 rings (SSSR count). The van der Waals surface area contributed by atoms with Crippen molar-refractivity contribution in [2.24, 2.45) is 23.7 Å². The third-order valence-corrected chi connectivity index (χ3v) is 11.3. The van der Waals surface area contributed by atoms with Gasteiger partial charge in [-0.25, -0.2) is 9.69 Å². The highest BCUT2D eigenvalue weighted by Gasteiger charge is 2.70. The number of hydrogen-bond donors (Lipinski definition) is 2. The van der Waals surface area contributed by atoms with E-state index in [0.29, 0.717) is 27.6 Å². The van der Waals surface area contributed by atoms with E-state index in [1.165, 1.54) is 29.2 Å². The Morgan fingerprint density at radius 3 is 2.25 bits per heavy atom. The second-order valence-electron chi connectivity index (χ2n) is 13.6. The summed E-state index contributed by atoms with van der Waals surface area (Å²) in [5, 5.41) is 19.7. The van der Waals surface area contributed by atoms with Crippen LogP contribution in [-0.4, -0.2) is 53.0 Å². The van der Waals surface area contributed by atoms with Crippen LogP contribution >= 0.6 is 11.6 Å². The van der Waals surface area contributed by atoms with Crippen LogP contribution in [0, 0.1) is 23.7 Å². The van der Waals surface area contributed by atoms with Gasteiger partial charge in [-0.3, -0.25) is 24.1 Å². The number of amides is 4. The second-order valence-corrected chi connectivity index (χ2v) is 14.0. The number of halogens is 1. The number of carbonyl (C=O) groups is 5. The highest BCUT2D eigenvalue weighted by Crippen LogP contribution is 2.65. The van der Waals surface area contributed by atoms with Crippen LogP contribution in [0.3, 0.4) is 0 Å². The molecular weight excluding hydrogens is 684 g/mol. The Morgan fingerprint density at radius 1 is 0.808 bits per heavy atom. The van der Waals surface area contributed by atoms with Crippen molar-refractivity contribution in [1.82, 2.24) is 0 Å². The minimum absolute atomic E-state index is 0.0163. The SMILES string of the molecule is O=C(O)c1cccc(N2C(=O)[C@H]3[C@H](CC=C4[C@H]3C[C@H]3C(=O)N(c5cccc(Cl)c5)C(=O)[C@@]3(c3ccccc3)[C@H]4c3ccccc3OCCO)C2=O)c1. The summed E-state index contributed by atoms with van der Waals surface area (Å²) in [6, 6.07) is 28.7. The van der Waals surface area contributed by atoms with Gasteiger partial charge in [0.15, 0.2) is 0 Å². The molecule has 2 aliphatic heterocycles. The quantitative estimate of drug-likeness (QED) is 0.173. The minimum atomic E-state index is -1.49. The van der Waals surface area contributed by atoms with Gasteiger partial charge in [0.1, 0.15) is 12.4 Å². The van der Waals surface area contributed by atoms with Gasteiger partial charge < -0.3 is 14.9 Å². The molecule has 6 atom stereocenters. The average molecular weight is 717 g/mol. The maximum Gasteiger partial charge on any atom is 0.335 e. The van der Waals surface area contributed by atoms with Gasteiger partial charge in [-0.05, 0) is 66.8 Å². The Hall–Kier alpha value is -5.58. The molecule has 262 valence electrons. The molecule has 10 nitrogen and oxygen atoms in total. The Morgan fingerprint density at radius 2 is 1.52 bits per heavy atom. The summed E-state index contributed by atoms with van der Waals surface area (Å²) < 4.78 is 6.09. The smallest absolute Gasteiger partial charge is 0.335 e. The number of anilines is 2. The molecule has 1 saturated carbocycles. The first-order valence-electron chi connectivity index (χ1n) is 17.1. The number of imide groups is 2. The molecule has 4 aliphatic rings. The fourth-order valence-electron chi connectivity index (χ4n) is 9.13. The number of hydrogen-bond acceptors (Lipinski definition) is 7. The number of para-hydroxylation sites is 1. The second kappa shape index (κ2) is 12.9. The zero-order valence-corrected chi connectivity index (χ0v) is 28.5. The predicted molar refractivity (Wildman–Crippen MR) is 191 cm³/mol. The van der Waals surface area contributed by atoms with Crippen LogP contribution in [0.2, 0.25) is 5.02 Å². The van der Waals surface area contributed by atoms with Crippen molar-refractivity contribution in [3.8, 4) is 5.75 Å². The fourth-order valence-corrected chi connectivity index (χ4v) is 9.31. The van der Waals surface area contributed by atoms with E-state index in [1.807, 2.05) is 48.5 Å². The summed E-state index contributed by atoms with van der Waals surface area (Å²) in [7, 11) is 0. The van der Waals surface area contributed by atoms with E-state index in [1.54, 1.807) is 36.4 Å². The molecule has 0 unspecified atom stereocenters. The number of ether oxygens (including phenoxy) is 1. The molecule has 3 fully saturated rings. The maximum atomic E-state index is 15.4. The Balaban J connectivity index is 1.35. The van der Waals surface area contributed by atoms with Crippen LogP contribution in [0.25, 0.3) is 0 Å². The van der Waals surface area contributed by atoms with Gasteiger partial charge in [0.05, 0.1) is 46.7 Å². The van der Waals surface area contributed by atoms with Crippen LogP contribution in [0.1, 0.15) is 40.2 Å². The lowest BCUT2D eigenvalue weighted by Gasteiger charge is -2.51. The molecule has 2 N–H and O–H groups in total. The number of benzene rings is 4. The van der Waals surface area contributed by atoms with Crippen molar-refractivity contribution >= 4 is 52.6 Å². The number of allylic oxidation sites excluding steroid dienone is 2. The topological polar surface area (TPSA) is 142 Å². The van der Waals surface area contributed by atoms with Gasteiger partial charge in [0, 0.05) is 16.5 Å². The molecule has 2 saturated heterocycles. The van der Waals surface area contributed by atoms with Gasteiger partial charge >= 0.3 is 5.97 Å². The van der Waals surface area contributed by atoms with Crippen LogP contribution < -0.4 is 14.5 Å². The maximum absolute atomic E-state index is 15.4. The van der Waals surface area contributed by atoms with Crippen molar-refractivity contribution in [3.63, 3.8) is 0 Å². The highest BCUT2D eigenvalue weighted by atomic mass is 35.5. The summed E-state index contributed by atoms with van der Waals surface area (Å²) in [5.74, 6) is -6.61. The number of carboxylic acids is 1. The molecule has 4 aromatic rings. The van der Waals surface area contributed by atoms with E-state index in [9.17, 15) is 29.4 Å². The third kappa shape index (κ3) is 4.92. The Bertz CT molecular complexity index is 2190. The zero-order chi connectivity index (χ0) is 36.3. The summed E-state index contributed by atoms with van der Waals surface area (Å²) in [5.41, 5.74) is 0.908. The molecule has 11 heteroatoms.